The number of amides is 1. The molecule has 1 aliphatic rings. The molecule has 1 aliphatic carbocycles. The van der Waals surface area contributed by atoms with Gasteiger partial charge in [-0.05, 0) is 75.3 Å². The molecule has 0 aromatic heterocycles. The van der Waals surface area contributed by atoms with Crippen LogP contribution in [0.15, 0.2) is 59.0 Å². The highest BCUT2D eigenvalue weighted by Gasteiger charge is 2.19. The Labute approximate surface area is 173 Å². The molecule has 0 aliphatic heterocycles. The summed E-state index contributed by atoms with van der Waals surface area (Å²) < 4.78 is 28.2. The Kier molecular flexibility index (Phi) is 6.75. The number of hydrogen-bond acceptors (Lipinski definition) is 3. The molecular formula is C23H28N2O3S. The normalized spacial score (nSPS) is 14.2. The lowest BCUT2D eigenvalue weighted by atomic mass is 9.97. The van der Waals surface area contributed by atoms with Crippen LogP contribution in [0.5, 0.6) is 0 Å². The van der Waals surface area contributed by atoms with Crippen LogP contribution in [0.3, 0.4) is 0 Å². The van der Waals surface area contributed by atoms with Gasteiger partial charge in [0.15, 0.2) is 0 Å². The molecule has 2 aromatic carbocycles. The molecule has 0 atom stereocenters. The Morgan fingerprint density at radius 3 is 2.55 bits per heavy atom. The van der Waals surface area contributed by atoms with Crippen LogP contribution >= 0.6 is 0 Å². The second-order valence-electron chi connectivity index (χ2n) is 7.51. The summed E-state index contributed by atoms with van der Waals surface area (Å²) in [5.41, 5.74) is 3.88. The van der Waals surface area contributed by atoms with Crippen molar-refractivity contribution < 1.29 is 13.2 Å². The number of carbonyl (C=O) groups is 1. The Hall–Kier alpha value is -2.60. The van der Waals surface area contributed by atoms with E-state index in [1.807, 2.05) is 26.0 Å². The van der Waals surface area contributed by atoms with Gasteiger partial charge < -0.3 is 5.32 Å². The van der Waals surface area contributed by atoms with E-state index in [1.54, 1.807) is 18.2 Å². The monoisotopic (exact) mass is 412 g/mol. The highest BCUT2D eigenvalue weighted by molar-refractivity contribution is 7.92. The maximum atomic E-state index is 12.8. The zero-order valence-corrected chi connectivity index (χ0v) is 17.8. The minimum Gasteiger partial charge on any atom is -0.352 e. The zero-order valence-electron chi connectivity index (χ0n) is 17.0. The third-order valence-electron chi connectivity index (χ3n) is 5.27. The highest BCUT2D eigenvalue weighted by Crippen LogP contribution is 2.22. The Morgan fingerprint density at radius 1 is 1.03 bits per heavy atom. The molecule has 0 spiro atoms. The van der Waals surface area contributed by atoms with Crippen molar-refractivity contribution in [3.8, 4) is 0 Å². The molecule has 1 amide bonds. The number of allylic oxidation sites excluding steroid dienone is 1. The van der Waals surface area contributed by atoms with Gasteiger partial charge in [-0.1, -0.05) is 35.9 Å². The number of para-hydroxylation sites is 1. The molecule has 3 rings (SSSR count). The van der Waals surface area contributed by atoms with Crippen molar-refractivity contribution in [1.29, 1.82) is 0 Å². The summed E-state index contributed by atoms with van der Waals surface area (Å²) in [7, 11) is -3.79. The van der Waals surface area contributed by atoms with Gasteiger partial charge in [-0.3, -0.25) is 9.52 Å². The van der Waals surface area contributed by atoms with E-state index >= 15 is 0 Å². The predicted molar refractivity (Wildman–Crippen MR) is 117 cm³/mol. The number of carbonyl (C=O) groups excluding carboxylic acids is 1. The van der Waals surface area contributed by atoms with Gasteiger partial charge in [0.25, 0.3) is 15.9 Å². The maximum absolute atomic E-state index is 12.8. The lowest BCUT2D eigenvalue weighted by Gasteiger charge is -2.14. The summed E-state index contributed by atoms with van der Waals surface area (Å²) in [6.45, 7) is 4.21. The number of anilines is 1. The van der Waals surface area contributed by atoms with E-state index in [0.29, 0.717) is 17.8 Å². The second-order valence-corrected chi connectivity index (χ2v) is 9.19. The molecule has 0 heterocycles. The Balaban J connectivity index is 1.72. The van der Waals surface area contributed by atoms with E-state index in [2.05, 4.69) is 16.1 Å². The minimum atomic E-state index is -3.79. The topological polar surface area (TPSA) is 75.3 Å². The average Bonchev–Trinajstić information content (AvgIpc) is 2.70. The summed E-state index contributed by atoms with van der Waals surface area (Å²) >= 11 is 0. The summed E-state index contributed by atoms with van der Waals surface area (Å²) in [4.78, 5) is 12.7. The fourth-order valence-electron chi connectivity index (χ4n) is 3.47. The molecule has 0 saturated carbocycles. The van der Waals surface area contributed by atoms with Crippen LogP contribution in [0, 0.1) is 13.8 Å². The van der Waals surface area contributed by atoms with Gasteiger partial charge >= 0.3 is 0 Å². The van der Waals surface area contributed by atoms with Crippen LogP contribution in [0.25, 0.3) is 0 Å². The summed E-state index contributed by atoms with van der Waals surface area (Å²) in [6, 6.07) is 11.8. The van der Waals surface area contributed by atoms with Gasteiger partial charge in [0, 0.05) is 12.1 Å². The molecule has 2 aromatic rings. The van der Waals surface area contributed by atoms with Crippen molar-refractivity contribution in [3.63, 3.8) is 0 Å². The molecule has 0 radical (unpaired) electrons. The van der Waals surface area contributed by atoms with Crippen LogP contribution in [0.1, 0.15) is 53.6 Å². The summed E-state index contributed by atoms with van der Waals surface area (Å²) in [5, 5.41) is 2.93. The van der Waals surface area contributed by atoms with E-state index in [4.69, 9.17) is 0 Å². The van der Waals surface area contributed by atoms with Gasteiger partial charge in [-0.2, -0.15) is 0 Å². The number of benzene rings is 2. The largest absolute Gasteiger partial charge is 0.352 e. The smallest absolute Gasteiger partial charge is 0.261 e. The van der Waals surface area contributed by atoms with Gasteiger partial charge in [-0.15, -0.1) is 0 Å². The fourth-order valence-corrected chi connectivity index (χ4v) is 4.62. The number of hydrogen-bond donors (Lipinski definition) is 2. The first-order chi connectivity index (χ1) is 13.9. The summed E-state index contributed by atoms with van der Waals surface area (Å²) in [6.07, 6.45) is 7.80. The lowest BCUT2D eigenvalue weighted by Crippen LogP contribution is -2.26. The third-order valence-corrected chi connectivity index (χ3v) is 6.63. The molecule has 29 heavy (non-hydrogen) atoms. The minimum absolute atomic E-state index is 0.0755. The van der Waals surface area contributed by atoms with Crippen LogP contribution in [-0.4, -0.2) is 20.9 Å². The van der Waals surface area contributed by atoms with Crippen molar-refractivity contribution in [2.75, 3.05) is 11.3 Å². The quantitative estimate of drug-likeness (QED) is 0.646. The van der Waals surface area contributed by atoms with Crippen molar-refractivity contribution in [1.82, 2.24) is 5.32 Å². The standard InChI is InChI=1S/C23H28N2O3S/c1-17-12-13-20(29(27,28)25-22-11-7-6-8-18(22)2)16-21(17)23(26)24-15-14-19-9-4-3-5-10-19/h6-9,11-13,16,25H,3-5,10,14-15H2,1-2H3,(H,24,26). The number of sulfonamides is 1. The van der Waals surface area contributed by atoms with Crippen molar-refractivity contribution in [2.45, 2.75) is 50.8 Å². The summed E-state index contributed by atoms with van der Waals surface area (Å²) in [5.74, 6) is -0.244. The molecule has 0 saturated heterocycles. The van der Waals surface area contributed by atoms with Crippen LogP contribution in [0.2, 0.25) is 0 Å². The molecule has 0 bridgehead atoms. The average molecular weight is 413 g/mol. The Morgan fingerprint density at radius 2 is 1.83 bits per heavy atom. The lowest BCUT2D eigenvalue weighted by molar-refractivity contribution is 0.0953. The number of aryl methyl sites for hydroxylation is 2. The van der Waals surface area contributed by atoms with Gasteiger partial charge in [0.05, 0.1) is 10.6 Å². The Bertz CT molecular complexity index is 1030. The molecule has 2 N–H and O–H groups in total. The zero-order chi connectivity index (χ0) is 20.9. The first-order valence-electron chi connectivity index (χ1n) is 10.0. The highest BCUT2D eigenvalue weighted by atomic mass is 32.2. The third kappa shape index (κ3) is 5.48. The molecule has 154 valence electrons. The van der Waals surface area contributed by atoms with Gasteiger partial charge in [0.2, 0.25) is 0 Å². The molecule has 0 fully saturated rings. The molecule has 5 nitrogen and oxygen atoms in total. The van der Waals surface area contributed by atoms with Crippen molar-refractivity contribution >= 4 is 21.6 Å². The maximum Gasteiger partial charge on any atom is 0.261 e. The number of nitrogens with one attached hydrogen (secondary N) is 2. The van der Waals surface area contributed by atoms with Crippen LogP contribution < -0.4 is 10.0 Å². The van der Waals surface area contributed by atoms with Gasteiger partial charge in [0.1, 0.15) is 0 Å². The van der Waals surface area contributed by atoms with E-state index in [-0.39, 0.29) is 10.8 Å². The predicted octanol–water partition coefficient (Wildman–Crippen LogP) is 4.72. The van der Waals surface area contributed by atoms with Crippen molar-refractivity contribution in [2.24, 2.45) is 0 Å². The van der Waals surface area contributed by atoms with E-state index in [0.717, 1.165) is 30.4 Å². The van der Waals surface area contributed by atoms with E-state index in [9.17, 15) is 13.2 Å². The van der Waals surface area contributed by atoms with E-state index in [1.165, 1.54) is 30.5 Å². The second kappa shape index (κ2) is 9.27. The molecule has 0 unspecified atom stereocenters. The van der Waals surface area contributed by atoms with Gasteiger partial charge in [-0.25, -0.2) is 8.42 Å². The molecule has 6 heteroatoms. The van der Waals surface area contributed by atoms with Crippen LogP contribution in [0.4, 0.5) is 5.69 Å². The first kappa shape index (κ1) is 21.1. The number of rotatable bonds is 7. The van der Waals surface area contributed by atoms with E-state index < -0.39 is 10.0 Å². The fraction of sp³-hybridized carbons (Fsp3) is 0.348. The van der Waals surface area contributed by atoms with Crippen LogP contribution in [-0.2, 0) is 10.0 Å². The molecular weight excluding hydrogens is 384 g/mol. The SMILES string of the molecule is Cc1ccccc1NS(=O)(=O)c1ccc(C)c(C(=O)NCCC2=CCCCC2)c1. The first-order valence-corrected chi connectivity index (χ1v) is 11.5. The van der Waals surface area contributed by atoms with Crippen molar-refractivity contribution in [3.05, 3.63) is 70.8 Å².